The van der Waals surface area contributed by atoms with Crippen LogP contribution in [0.4, 0.5) is 0 Å². The second-order valence-electron chi connectivity index (χ2n) is 6.39. The van der Waals surface area contributed by atoms with E-state index in [-0.39, 0.29) is 0 Å². The lowest BCUT2D eigenvalue weighted by molar-refractivity contribution is 0.208. The Hall–Kier alpha value is -0.570. The molecule has 0 bridgehead atoms. The Morgan fingerprint density at radius 1 is 1.25 bits per heavy atom. The Morgan fingerprint density at radius 3 is 2.75 bits per heavy atom. The van der Waals surface area contributed by atoms with Gasteiger partial charge in [0.05, 0.1) is 0 Å². The number of aryl methyl sites for hydroxylation is 1. The minimum Gasteiger partial charge on any atom is -0.313 e. The zero-order chi connectivity index (χ0) is 13.9. The summed E-state index contributed by atoms with van der Waals surface area (Å²) in [7, 11) is 0. The molecule has 1 saturated heterocycles. The monoisotopic (exact) mass is 292 g/mol. The van der Waals surface area contributed by atoms with E-state index in [1.54, 1.807) is 0 Å². The molecule has 3 rings (SSSR count). The van der Waals surface area contributed by atoms with Crippen molar-refractivity contribution in [3.63, 3.8) is 0 Å². The van der Waals surface area contributed by atoms with Crippen LogP contribution in [0.2, 0.25) is 5.02 Å². The molecule has 110 valence electrons. The molecule has 1 N–H and O–H groups in total. The number of benzene rings is 1. The first-order valence-electron chi connectivity index (χ1n) is 7.95. The van der Waals surface area contributed by atoms with E-state index in [1.807, 2.05) is 0 Å². The summed E-state index contributed by atoms with van der Waals surface area (Å²) in [4.78, 5) is 2.66. The van der Waals surface area contributed by atoms with Gasteiger partial charge >= 0.3 is 0 Å². The van der Waals surface area contributed by atoms with Gasteiger partial charge in [0.25, 0.3) is 0 Å². The van der Waals surface area contributed by atoms with Gasteiger partial charge in [-0.3, -0.25) is 4.90 Å². The number of hydrogen-bond acceptors (Lipinski definition) is 2. The average Bonchev–Trinajstić information content (AvgIpc) is 3.28. The molecule has 0 radical (unpaired) electrons. The summed E-state index contributed by atoms with van der Waals surface area (Å²) >= 11 is 6.25. The van der Waals surface area contributed by atoms with Gasteiger partial charge in [-0.25, -0.2) is 0 Å². The Kier molecular flexibility index (Phi) is 4.65. The van der Waals surface area contributed by atoms with Crippen molar-refractivity contribution in [2.45, 2.75) is 57.7 Å². The third-order valence-electron chi connectivity index (χ3n) is 4.55. The third-order valence-corrected chi connectivity index (χ3v) is 4.96. The molecule has 2 nitrogen and oxygen atoms in total. The fourth-order valence-electron chi connectivity index (χ4n) is 3.11. The van der Waals surface area contributed by atoms with Crippen molar-refractivity contribution in [3.8, 4) is 0 Å². The lowest BCUT2D eigenvalue weighted by Crippen LogP contribution is -2.44. The summed E-state index contributed by atoms with van der Waals surface area (Å²) in [5, 5.41) is 4.57. The predicted molar refractivity (Wildman–Crippen MR) is 85.3 cm³/mol. The second-order valence-corrected chi connectivity index (χ2v) is 6.80. The molecule has 1 heterocycles. The molecule has 20 heavy (non-hydrogen) atoms. The van der Waals surface area contributed by atoms with Gasteiger partial charge in [0, 0.05) is 30.2 Å². The average molecular weight is 293 g/mol. The summed E-state index contributed by atoms with van der Waals surface area (Å²) in [5.41, 5.74) is 2.52. The van der Waals surface area contributed by atoms with Crippen molar-refractivity contribution < 1.29 is 0 Å². The van der Waals surface area contributed by atoms with Crippen LogP contribution in [0.15, 0.2) is 18.2 Å². The van der Waals surface area contributed by atoms with Gasteiger partial charge < -0.3 is 5.32 Å². The van der Waals surface area contributed by atoms with E-state index in [4.69, 9.17) is 11.6 Å². The van der Waals surface area contributed by atoms with Crippen LogP contribution in [0.1, 0.15) is 43.2 Å². The fraction of sp³-hybridized carbons (Fsp3) is 0.647. The molecule has 1 aliphatic heterocycles. The summed E-state index contributed by atoms with van der Waals surface area (Å²) in [5.74, 6) is 0. The van der Waals surface area contributed by atoms with Gasteiger partial charge in [-0.15, -0.1) is 0 Å². The highest BCUT2D eigenvalue weighted by atomic mass is 35.5. The van der Waals surface area contributed by atoms with Crippen molar-refractivity contribution in [2.75, 3.05) is 13.1 Å². The highest BCUT2D eigenvalue weighted by Crippen LogP contribution is 2.29. The first kappa shape index (κ1) is 14.4. The van der Waals surface area contributed by atoms with Crippen LogP contribution < -0.4 is 5.32 Å². The van der Waals surface area contributed by atoms with Gasteiger partial charge in [-0.05, 0) is 56.3 Å². The Morgan fingerprint density at radius 2 is 2.10 bits per heavy atom. The summed E-state index contributed by atoms with van der Waals surface area (Å²) in [6, 6.07) is 8.00. The van der Waals surface area contributed by atoms with Crippen molar-refractivity contribution in [2.24, 2.45) is 0 Å². The predicted octanol–water partition coefficient (Wildman–Crippen LogP) is 3.75. The standard InChI is InChI=1S/C17H25ClN2/c1-13-5-6-14(10-17(13)18)11-20(16-7-8-16)12-15-4-2-3-9-19-15/h5-6,10,15-16,19H,2-4,7-9,11-12H2,1H3. The van der Waals surface area contributed by atoms with Crippen molar-refractivity contribution in [1.82, 2.24) is 10.2 Å². The molecule has 1 atom stereocenters. The molecule has 1 unspecified atom stereocenters. The molecule has 0 spiro atoms. The van der Waals surface area contributed by atoms with Crippen LogP contribution in [0.5, 0.6) is 0 Å². The highest BCUT2D eigenvalue weighted by Gasteiger charge is 2.30. The molecule has 2 aliphatic rings. The number of rotatable bonds is 5. The van der Waals surface area contributed by atoms with Crippen LogP contribution >= 0.6 is 11.6 Å². The normalized spacial score (nSPS) is 23.2. The summed E-state index contributed by atoms with van der Waals surface area (Å²) < 4.78 is 0. The van der Waals surface area contributed by atoms with E-state index in [1.165, 1.54) is 56.3 Å². The maximum atomic E-state index is 6.25. The minimum absolute atomic E-state index is 0.685. The Bertz CT molecular complexity index is 450. The topological polar surface area (TPSA) is 15.3 Å². The van der Waals surface area contributed by atoms with E-state index < -0.39 is 0 Å². The maximum Gasteiger partial charge on any atom is 0.0438 e. The van der Waals surface area contributed by atoms with Crippen molar-refractivity contribution in [3.05, 3.63) is 34.3 Å². The molecule has 2 fully saturated rings. The van der Waals surface area contributed by atoms with Crippen LogP contribution in [0.25, 0.3) is 0 Å². The molecule has 1 aromatic carbocycles. The highest BCUT2D eigenvalue weighted by molar-refractivity contribution is 6.31. The van der Waals surface area contributed by atoms with Gasteiger partial charge in [-0.2, -0.15) is 0 Å². The van der Waals surface area contributed by atoms with Crippen LogP contribution in [0.3, 0.4) is 0 Å². The first-order chi connectivity index (χ1) is 9.72. The number of piperidine rings is 1. The summed E-state index contributed by atoms with van der Waals surface area (Å²) in [6.45, 7) is 5.50. The Labute approximate surface area is 127 Å². The first-order valence-corrected chi connectivity index (χ1v) is 8.32. The molecule has 3 heteroatoms. The van der Waals surface area contributed by atoms with E-state index in [0.29, 0.717) is 6.04 Å². The molecule has 1 saturated carbocycles. The molecular weight excluding hydrogens is 268 g/mol. The van der Waals surface area contributed by atoms with Crippen molar-refractivity contribution in [1.29, 1.82) is 0 Å². The van der Waals surface area contributed by atoms with Crippen molar-refractivity contribution >= 4 is 11.6 Å². The maximum absolute atomic E-state index is 6.25. The van der Waals surface area contributed by atoms with Gasteiger partial charge in [0.2, 0.25) is 0 Å². The zero-order valence-corrected chi connectivity index (χ0v) is 13.1. The fourth-order valence-corrected chi connectivity index (χ4v) is 3.32. The second kappa shape index (κ2) is 6.46. The van der Waals surface area contributed by atoms with E-state index >= 15 is 0 Å². The quantitative estimate of drug-likeness (QED) is 0.889. The molecule has 0 aromatic heterocycles. The molecule has 1 aromatic rings. The van der Waals surface area contributed by atoms with E-state index in [9.17, 15) is 0 Å². The lowest BCUT2D eigenvalue weighted by atomic mass is 10.0. The minimum atomic E-state index is 0.685. The van der Waals surface area contributed by atoms with Gasteiger partial charge in [0.1, 0.15) is 0 Å². The largest absolute Gasteiger partial charge is 0.313 e. The SMILES string of the molecule is Cc1ccc(CN(CC2CCCCN2)C2CC2)cc1Cl. The van der Waals surface area contributed by atoms with Crippen LogP contribution in [0, 0.1) is 6.92 Å². The molecule has 0 amide bonds. The third kappa shape index (κ3) is 3.75. The Balaban J connectivity index is 1.62. The smallest absolute Gasteiger partial charge is 0.0438 e. The number of nitrogens with one attached hydrogen (secondary N) is 1. The summed E-state index contributed by atoms with van der Waals surface area (Å²) in [6.07, 6.45) is 6.79. The number of nitrogens with zero attached hydrogens (tertiary/aromatic N) is 1. The van der Waals surface area contributed by atoms with Crippen LogP contribution in [-0.2, 0) is 6.54 Å². The number of hydrogen-bond donors (Lipinski definition) is 1. The van der Waals surface area contributed by atoms with Gasteiger partial charge in [0.15, 0.2) is 0 Å². The lowest BCUT2D eigenvalue weighted by Gasteiger charge is -2.30. The van der Waals surface area contributed by atoms with E-state index in [0.717, 1.165) is 17.6 Å². The van der Waals surface area contributed by atoms with Gasteiger partial charge in [-0.1, -0.05) is 30.2 Å². The van der Waals surface area contributed by atoms with Crippen LogP contribution in [-0.4, -0.2) is 30.1 Å². The molecule has 1 aliphatic carbocycles. The molecular formula is C17H25ClN2. The number of halogens is 1. The zero-order valence-electron chi connectivity index (χ0n) is 12.4. The van der Waals surface area contributed by atoms with E-state index in [2.05, 4.69) is 35.3 Å².